The highest BCUT2D eigenvalue weighted by Crippen LogP contribution is 2.31. The van der Waals surface area contributed by atoms with E-state index < -0.39 is 24.1 Å². The first kappa shape index (κ1) is 24.5. The van der Waals surface area contributed by atoms with Gasteiger partial charge in [-0.2, -0.15) is 18.2 Å². The lowest BCUT2D eigenvalue weighted by molar-refractivity contribution is -0.147. The molecular formula is C23H30F3N5O3. The molecular weight excluding hydrogens is 451 g/mol. The van der Waals surface area contributed by atoms with Crippen molar-refractivity contribution in [1.29, 1.82) is 0 Å². The first-order chi connectivity index (χ1) is 16.2. The molecule has 11 heteroatoms. The lowest BCUT2D eigenvalue weighted by atomic mass is 9.88. The van der Waals surface area contributed by atoms with Gasteiger partial charge in [-0.15, -0.1) is 0 Å². The maximum Gasteiger partial charge on any atom is 0.401 e. The minimum Gasteiger partial charge on any atom is -0.381 e. The van der Waals surface area contributed by atoms with Gasteiger partial charge in [0.05, 0.1) is 12.6 Å². The highest BCUT2D eigenvalue weighted by atomic mass is 19.4. The number of anilines is 1. The van der Waals surface area contributed by atoms with Gasteiger partial charge in [-0.3, -0.25) is 9.88 Å². The van der Waals surface area contributed by atoms with Gasteiger partial charge in [0.2, 0.25) is 5.95 Å². The summed E-state index contributed by atoms with van der Waals surface area (Å²) in [7, 11) is 0. The number of piperidine rings is 1. The molecule has 186 valence electrons. The molecule has 8 nitrogen and oxygen atoms in total. The van der Waals surface area contributed by atoms with Crippen LogP contribution in [0.4, 0.5) is 19.1 Å². The van der Waals surface area contributed by atoms with E-state index in [4.69, 9.17) is 4.74 Å². The average Bonchev–Trinajstić information content (AvgIpc) is 2.79. The predicted octanol–water partition coefficient (Wildman–Crippen LogP) is 3.20. The van der Waals surface area contributed by atoms with Gasteiger partial charge in [-0.05, 0) is 62.7 Å². The Bertz CT molecular complexity index is 1050. The fourth-order valence-corrected chi connectivity index (χ4v) is 4.81. The van der Waals surface area contributed by atoms with E-state index in [9.17, 15) is 22.8 Å². The van der Waals surface area contributed by atoms with E-state index in [0.29, 0.717) is 52.0 Å². The van der Waals surface area contributed by atoms with Crippen molar-refractivity contribution in [3.63, 3.8) is 0 Å². The average molecular weight is 482 g/mol. The van der Waals surface area contributed by atoms with E-state index in [1.54, 1.807) is 0 Å². The van der Waals surface area contributed by atoms with Crippen LogP contribution < -0.4 is 16.7 Å². The van der Waals surface area contributed by atoms with Crippen LogP contribution in [0.1, 0.15) is 61.7 Å². The van der Waals surface area contributed by atoms with Crippen LogP contribution in [0.25, 0.3) is 0 Å². The van der Waals surface area contributed by atoms with Crippen LogP contribution >= 0.6 is 0 Å². The second-order valence-electron chi connectivity index (χ2n) is 9.09. The van der Waals surface area contributed by atoms with Crippen molar-refractivity contribution in [3.8, 4) is 0 Å². The number of aromatic amines is 1. The Morgan fingerprint density at radius 3 is 2.53 bits per heavy atom. The number of aromatic nitrogens is 3. The number of benzene rings is 1. The molecule has 2 aromatic rings. The zero-order valence-corrected chi connectivity index (χ0v) is 19.1. The van der Waals surface area contributed by atoms with E-state index in [2.05, 4.69) is 15.3 Å². The molecule has 1 aromatic carbocycles. The Labute approximate surface area is 195 Å². The number of alkyl halides is 3. The van der Waals surface area contributed by atoms with Crippen LogP contribution in [-0.4, -0.2) is 58.5 Å². The molecule has 2 fully saturated rings. The zero-order valence-electron chi connectivity index (χ0n) is 19.1. The molecule has 0 radical (unpaired) electrons. The lowest BCUT2D eigenvalue weighted by Crippen LogP contribution is -2.42. The van der Waals surface area contributed by atoms with E-state index in [0.717, 1.165) is 15.7 Å². The van der Waals surface area contributed by atoms with Crippen molar-refractivity contribution >= 4 is 5.95 Å². The summed E-state index contributed by atoms with van der Waals surface area (Å²) >= 11 is 0. The van der Waals surface area contributed by atoms with Crippen molar-refractivity contribution in [2.24, 2.45) is 0 Å². The molecule has 0 amide bonds. The molecule has 4 rings (SSSR count). The molecule has 0 unspecified atom stereocenters. The number of hydrogen-bond donors (Lipinski definition) is 2. The molecule has 3 heterocycles. The van der Waals surface area contributed by atoms with Gasteiger partial charge in [0.1, 0.15) is 0 Å². The Morgan fingerprint density at radius 1 is 1.18 bits per heavy atom. The van der Waals surface area contributed by atoms with Crippen LogP contribution in [0.3, 0.4) is 0 Å². The predicted molar refractivity (Wildman–Crippen MR) is 121 cm³/mol. The third kappa shape index (κ3) is 6.06. The van der Waals surface area contributed by atoms with Gasteiger partial charge in [0.25, 0.3) is 0 Å². The highest BCUT2D eigenvalue weighted by Gasteiger charge is 2.32. The summed E-state index contributed by atoms with van der Waals surface area (Å²) < 4.78 is 44.4. The molecule has 1 atom stereocenters. The summed E-state index contributed by atoms with van der Waals surface area (Å²) in [5.41, 5.74) is 0.923. The topological polar surface area (TPSA) is 92.2 Å². The molecule has 0 aliphatic carbocycles. The smallest absolute Gasteiger partial charge is 0.381 e. The van der Waals surface area contributed by atoms with Crippen molar-refractivity contribution < 1.29 is 17.9 Å². The summed E-state index contributed by atoms with van der Waals surface area (Å²) in [6, 6.07) is 7.42. The Morgan fingerprint density at radius 2 is 1.88 bits per heavy atom. The second-order valence-corrected chi connectivity index (χ2v) is 9.09. The van der Waals surface area contributed by atoms with Gasteiger partial charge >= 0.3 is 17.6 Å². The standard InChI is InChI=1S/C23H30F3N5O3/c1-15(27-20-28-21(32)31(22(33)29-20)19-7-11-34-12-8-19)17-3-2-4-18(13-17)16-5-9-30(10-6-16)14-23(24,25)26/h2-4,13,15-16,19H,5-12,14H2,1H3,(H2,27,28,29,32,33)/t15-/m0/s1. The van der Waals surface area contributed by atoms with Gasteiger partial charge in [-0.1, -0.05) is 24.3 Å². The Balaban J connectivity index is 1.41. The lowest BCUT2D eigenvalue weighted by Gasteiger charge is -2.32. The number of likely N-dealkylation sites (tertiary alicyclic amines) is 1. The summed E-state index contributed by atoms with van der Waals surface area (Å²) in [5, 5.41) is 3.10. The zero-order chi connectivity index (χ0) is 24.3. The molecule has 34 heavy (non-hydrogen) atoms. The van der Waals surface area contributed by atoms with Gasteiger partial charge in [-0.25, -0.2) is 14.2 Å². The van der Waals surface area contributed by atoms with Crippen LogP contribution in [0.15, 0.2) is 33.9 Å². The number of ether oxygens (including phenoxy) is 1. The maximum atomic E-state index is 12.6. The Hall–Kier alpha value is -2.66. The molecule has 0 spiro atoms. The summed E-state index contributed by atoms with van der Waals surface area (Å²) in [4.78, 5) is 33.2. The van der Waals surface area contributed by atoms with Crippen molar-refractivity contribution in [1.82, 2.24) is 19.4 Å². The van der Waals surface area contributed by atoms with Crippen LogP contribution in [0, 0.1) is 0 Å². The van der Waals surface area contributed by atoms with Crippen LogP contribution in [0.5, 0.6) is 0 Å². The van der Waals surface area contributed by atoms with Gasteiger partial charge < -0.3 is 10.1 Å². The summed E-state index contributed by atoms with van der Waals surface area (Å²) in [6.45, 7) is 2.87. The molecule has 2 saturated heterocycles. The molecule has 2 N–H and O–H groups in total. The SMILES string of the molecule is C[C@H](Nc1nc(=O)n(C2CCOCC2)c(=O)[nH]1)c1cccc(C2CCN(CC(F)(F)F)CC2)c1. The summed E-state index contributed by atoms with van der Waals surface area (Å²) in [5.74, 6) is 0.301. The van der Waals surface area contributed by atoms with Gasteiger partial charge in [0.15, 0.2) is 0 Å². The van der Waals surface area contributed by atoms with E-state index >= 15 is 0 Å². The van der Waals surface area contributed by atoms with Gasteiger partial charge in [0, 0.05) is 19.3 Å². The minimum atomic E-state index is -4.17. The fraction of sp³-hybridized carbons (Fsp3) is 0.609. The van der Waals surface area contributed by atoms with E-state index in [1.807, 2.05) is 31.2 Å². The largest absolute Gasteiger partial charge is 0.401 e. The monoisotopic (exact) mass is 481 g/mol. The fourth-order valence-electron chi connectivity index (χ4n) is 4.81. The minimum absolute atomic E-state index is 0.108. The van der Waals surface area contributed by atoms with Crippen LogP contribution in [0.2, 0.25) is 0 Å². The second kappa shape index (κ2) is 10.3. The number of nitrogens with one attached hydrogen (secondary N) is 2. The van der Waals surface area contributed by atoms with Crippen molar-refractivity contribution in [3.05, 3.63) is 56.4 Å². The van der Waals surface area contributed by atoms with Crippen molar-refractivity contribution in [2.75, 3.05) is 38.2 Å². The van der Waals surface area contributed by atoms with Crippen molar-refractivity contribution in [2.45, 2.75) is 56.8 Å². The Kier molecular flexibility index (Phi) is 7.42. The van der Waals surface area contributed by atoms with E-state index in [-0.39, 0.29) is 23.9 Å². The number of halogens is 3. The number of hydrogen-bond acceptors (Lipinski definition) is 6. The molecule has 1 aromatic heterocycles. The maximum absolute atomic E-state index is 12.6. The first-order valence-corrected chi connectivity index (χ1v) is 11.7. The molecule has 0 bridgehead atoms. The molecule has 2 aliphatic rings. The summed E-state index contributed by atoms with van der Waals surface area (Å²) in [6.07, 6.45) is -1.65. The number of H-pyrrole nitrogens is 1. The quantitative estimate of drug-likeness (QED) is 0.659. The first-order valence-electron chi connectivity index (χ1n) is 11.7. The highest BCUT2D eigenvalue weighted by molar-refractivity contribution is 5.34. The normalized spacial score (nSPS) is 19.8. The molecule has 0 saturated carbocycles. The molecule has 2 aliphatic heterocycles. The van der Waals surface area contributed by atoms with E-state index in [1.165, 1.54) is 4.90 Å². The van der Waals surface area contributed by atoms with Crippen LogP contribution in [-0.2, 0) is 4.74 Å². The number of rotatable bonds is 6. The third-order valence-electron chi connectivity index (χ3n) is 6.64. The third-order valence-corrected chi connectivity index (χ3v) is 6.64. The number of nitrogens with zero attached hydrogens (tertiary/aromatic N) is 3.